The van der Waals surface area contributed by atoms with E-state index in [-0.39, 0.29) is 5.88 Å². The van der Waals surface area contributed by atoms with Crippen molar-refractivity contribution < 1.29 is 13.5 Å². The number of aliphatic imine (C=N–C) groups is 1. The van der Waals surface area contributed by atoms with Crippen molar-refractivity contribution in [1.29, 1.82) is 0 Å². The summed E-state index contributed by atoms with van der Waals surface area (Å²) in [6, 6.07) is 13.4. The molecule has 2 aromatic rings. The molecule has 0 amide bonds. The Morgan fingerprint density at radius 1 is 1.21 bits per heavy atom. The maximum Gasteiger partial charge on any atom is 0.272 e. The number of nitrogens with zero attached hydrogens (tertiary/aromatic N) is 2. The maximum atomic E-state index is 12.1. The van der Waals surface area contributed by atoms with Crippen molar-refractivity contribution in [1.82, 2.24) is 10.3 Å². The molecule has 1 heterocycles. The molecule has 0 saturated carbocycles. The van der Waals surface area contributed by atoms with Crippen LogP contribution in [0.15, 0.2) is 53.7 Å². The zero-order valence-electron chi connectivity index (χ0n) is 13.2. The van der Waals surface area contributed by atoms with Crippen LogP contribution in [0, 0.1) is 0 Å². The van der Waals surface area contributed by atoms with Gasteiger partial charge in [-0.15, -0.1) is 0 Å². The third-order valence-corrected chi connectivity index (χ3v) is 3.15. The number of hydrogen-bond acceptors (Lipinski definition) is 3. The predicted octanol–water partition coefficient (Wildman–Crippen LogP) is 2.37. The van der Waals surface area contributed by atoms with Gasteiger partial charge in [0.05, 0.1) is 6.54 Å². The van der Waals surface area contributed by atoms with Crippen molar-refractivity contribution in [2.24, 2.45) is 10.7 Å². The SMILES string of the molecule is NC(=NCc1ccnc(OCC(F)F)c1)NCCc1ccccc1. The third-order valence-electron chi connectivity index (χ3n) is 3.15. The molecule has 0 aliphatic heterocycles. The van der Waals surface area contributed by atoms with E-state index in [9.17, 15) is 8.78 Å². The number of nitrogens with one attached hydrogen (secondary N) is 1. The van der Waals surface area contributed by atoms with Gasteiger partial charge < -0.3 is 15.8 Å². The molecule has 0 atom stereocenters. The molecule has 5 nitrogen and oxygen atoms in total. The Hall–Kier alpha value is -2.70. The van der Waals surface area contributed by atoms with Crippen LogP contribution in [0.3, 0.4) is 0 Å². The highest BCUT2D eigenvalue weighted by Crippen LogP contribution is 2.11. The lowest BCUT2D eigenvalue weighted by atomic mass is 10.1. The Kier molecular flexibility index (Phi) is 6.94. The first-order valence-corrected chi connectivity index (χ1v) is 7.57. The molecule has 128 valence electrons. The molecule has 0 spiro atoms. The lowest BCUT2D eigenvalue weighted by molar-refractivity contribution is 0.0795. The van der Waals surface area contributed by atoms with Crippen LogP contribution in [0.2, 0.25) is 0 Å². The highest BCUT2D eigenvalue weighted by molar-refractivity contribution is 5.77. The smallest absolute Gasteiger partial charge is 0.272 e. The first kappa shape index (κ1) is 17.7. The monoisotopic (exact) mass is 334 g/mol. The Morgan fingerprint density at radius 3 is 2.75 bits per heavy atom. The van der Waals surface area contributed by atoms with E-state index >= 15 is 0 Å². The summed E-state index contributed by atoms with van der Waals surface area (Å²) in [5.74, 6) is 0.483. The topological polar surface area (TPSA) is 72.5 Å². The van der Waals surface area contributed by atoms with Gasteiger partial charge in [-0.3, -0.25) is 0 Å². The summed E-state index contributed by atoms with van der Waals surface area (Å²) in [6.45, 7) is 0.319. The van der Waals surface area contributed by atoms with Crippen molar-refractivity contribution in [2.75, 3.05) is 13.2 Å². The van der Waals surface area contributed by atoms with Gasteiger partial charge in [-0.1, -0.05) is 30.3 Å². The van der Waals surface area contributed by atoms with Crippen LogP contribution in [0.1, 0.15) is 11.1 Å². The largest absolute Gasteiger partial charge is 0.472 e. The van der Waals surface area contributed by atoms with Crippen molar-refractivity contribution in [3.8, 4) is 5.88 Å². The number of nitrogens with two attached hydrogens (primary N) is 1. The molecule has 0 unspecified atom stereocenters. The van der Waals surface area contributed by atoms with Crippen LogP contribution in [0.5, 0.6) is 5.88 Å². The number of aromatic nitrogens is 1. The molecule has 3 N–H and O–H groups in total. The van der Waals surface area contributed by atoms with Gasteiger partial charge in [0.2, 0.25) is 5.88 Å². The molecule has 0 aliphatic carbocycles. The van der Waals surface area contributed by atoms with Gasteiger partial charge in [0.15, 0.2) is 12.6 Å². The normalized spacial score (nSPS) is 11.5. The molecule has 0 radical (unpaired) electrons. The van der Waals surface area contributed by atoms with Crippen LogP contribution < -0.4 is 15.8 Å². The molecule has 0 fully saturated rings. The fourth-order valence-corrected chi connectivity index (χ4v) is 1.99. The number of hydrogen-bond donors (Lipinski definition) is 2. The molecule has 0 aliphatic rings. The van der Waals surface area contributed by atoms with E-state index in [1.807, 2.05) is 30.3 Å². The van der Waals surface area contributed by atoms with E-state index in [0.29, 0.717) is 19.0 Å². The lowest BCUT2D eigenvalue weighted by Gasteiger charge is -2.07. The Labute approximate surface area is 139 Å². The van der Waals surface area contributed by atoms with Gasteiger partial charge in [0.1, 0.15) is 0 Å². The zero-order valence-corrected chi connectivity index (χ0v) is 13.2. The number of rotatable bonds is 8. The summed E-state index contributed by atoms with van der Waals surface area (Å²) >= 11 is 0. The summed E-state index contributed by atoms with van der Waals surface area (Å²) < 4.78 is 29.1. The molecule has 0 bridgehead atoms. The average molecular weight is 334 g/mol. The Morgan fingerprint density at radius 2 is 2.00 bits per heavy atom. The summed E-state index contributed by atoms with van der Waals surface area (Å²) in [5, 5.41) is 3.04. The van der Waals surface area contributed by atoms with Gasteiger partial charge in [0, 0.05) is 18.8 Å². The van der Waals surface area contributed by atoms with Crippen LogP contribution in [0.25, 0.3) is 0 Å². The molecular formula is C17H20F2N4O. The number of guanidine groups is 1. The second-order valence-electron chi connectivity index (χ2n) is 5.07. The summed E-state index contributed by atoms with van der Waals surface area (Å²) in [7, 11) is 0. The van der Waals surface area contributed by atoms with E-state index < -0.39 is 13.0 Å². The first-order chi connectivity index (χ1) is 11.6. The fourth-order valence-electron chi connectivity index (χ4n) is 1.99. The third kappa shape index (κ3) is 6.60. The Balaban J connectivity index is 1.78. The van der Waals surface area contributed by atoms with E-state index in [4.69, 9.17) is 10.5 Å². The standard InChI is InChI=1S/C17H20F2N4O/c18-15(19)12-24-16-10-14(7-8-21-16)11-23-17(20)22-9-6-13-4-2-1-3-5-13/h1-5,7-8,10,15H,6,9,11-12H2,(H3,20,22,23). The second kappa shape index (κ2) is 9.44. The average Bonchev–Trinajstić information content (AvgIpc) is 2.59. The molecule has 2 rings (SSSR count). The molecule has 1 aromatic heterocycles. The van der Waals surface area contributed by atoms with Crippen LogP contribution in [-0.4, -0.2) is 30.5 Å². The van der Waals surface area contributed by atoms with Gasteiger partial charge in [-0.25, -0.2) is 18.8 Å². The van der Waals surface area contributed by atoms with Gasteiger partial charge in [-0.2, -0.15) is 0 Å². The van der Waals surface area contributed by atoms with Crippen LogP contribution >= 0.6 is 0 Å². The van der Waals surface area contributed by atoms with Gasteiger partial charge in [0.25, 0.3) is 6.43 Å². The summed E-state index contributed by atoms with van der Waals surface area (Å²) in [4.78, 5) is 8.08. The van der Waals surface area contributed by atoms with Crippen molar-refractivity contribution in [3.05, 3.63) is 59.8 Å². The van der Waals surface area contributed by atoms with E-state index in [2.05, 4.69) is 15.3 Å². The van der Waals surface area contributed by atoms with E-state index in [0.717, 1.165) is 12.0 Å². The van der Waals surface area contributed by atoms with Crippen molar-refractivity contribution >= 4 is 5.96 Å². The highest BCUT2D eigenvalue weighted by Gasteiger charge is 2.05. The van der Waals surface area contributed by atoms with Crippen molar-refractivity contribution in [3.63, 3.8) is 0 Å². The summed E-state index contributed by atoms with van der Waals surface area (Å²) in [5.41, 5.74) is 7.81. The molecule has 0 saturated heterocycles. The minimum Gasteiger partial charge on any atom is -0.472 e. The highest BCUT2D eigenvalue weighted by atomic mass is 19.3. The summed E-state index contributed by atoms with van der Waals surface area (Å²) in [6.07, 6.45) is -0.194. The second-order valence-corrected chi connectivity index (χ2v) is 5.07. The van der Waals surface area contributed by atoms with Crippen molar-refractivity contribution in [2.45, 2.75) is 19.4 Å². The minimum absolute atomic E-state index is 0.151. The number of alkyl halides is 2. The van der Waals surface area contributed by atoms with E-state index in [1.165, 1.54) is 11.8 Å². The van der Waals surface area contributed by atoms with Crippen LogP contribution in [-0.2, 0) is 13.0 Å². The molecule has 1 aromatic carbocycles. The fraction of sp³-hybridized carbons (Fsp3) is 0.294. The molecule has 7 heteroatoms. The Bertz CT molecular complexity index is 650. The lowest BCUT2D eigenvalue weighted by Crippen LogP contribution is -2.33. The van der Waals surface area contributed by atoms with Gasteiger partial charge >= 0.3 is 0 Å². The maximum absolute atomic E-state index is 12.1. The van der Waals surface area contributed by atoms with E-state index in [1.54, 1.807) is 12.1 Å². The predicted molar refractivity (Wildman–Crippen MR) is 89.2 cm³/mol. The molecular weight excluding hydrogens is 314 g/mol. The minimum atomic E-state index is -2.53. The number of halogens is 2. The number of pyridine rings is 1. The first-order valence-electron chi connectivity index (χ1n) is 7.57. The van der Waals surface area contributed by atoms with Gasteiger partial charge in [-0.05, 0) is 23.6 Å². The quantitative estimate of drug-likeness (QED) is 0.574. The molecule has 24 heavy (non-hydrogen) atoms. The number of benzene rings is 1. The number of ether oxygens (including phenoxy) is 1. The zero-order chi connectivity index (χ0) is 17.2. The van der Waals surface area contributed by atoms with Crippen LogP contribution in [0.4, 0.5) is 8.78 Å².